The first kappa shape index (κ1) is 10.1. The van der Waals surface area contributed by atoms with Gasteiger partial charge >= 0.3 is 0 Å². The summed E-state index contributed by atoms with van der Waals surface area (Å²) in [6.45, 7) is 1.52. The van der Waals surface area contributed by atoms with Crippen molar-refractivity contribution in [3.8, 4) is 0 Å². The molecule has 4 heteroatoms. The van der Waals surface area contributed by atoms with Crippen LogP contribution in [0.2, 0.25) is 0 Å². The molecule has 2 rings (SSSR count). The highest BCUT2D eigenvalue weighted by Gasteiger charge is 2.35. The topological polar surface area (TPSA) is 9.23 Å². The van der Waals surface area contributed by atoms with Crippen LogP contribution in [0.1, 0.15) is 18.1 Å². The molecule has 0 bridgehead atoms. The first-order valence-electron chi connectivity index (χ1n) is 4.26. The van der Waals surface area contributed by atoms with E-state index in [1.54, 1.807) is 6.07 Å². The lowest BCUT2D eigenvalue weighted by atomic mass is 9.91. The Kier molecular flexibility index (Phi) is 2.35. The molecule has 1 atom stereocenters. The molecule has 1 unspecified atom stereocenters. The zero-order valence-corrected chi connectivity index (χ0v) is 9.20. The Bertz CT molecular complexity index is 377. The molecular formula is C10H9BrF2O. The highest BCUT2D eigenvalue weighted by atomic mass is 79.9. The van der Waals surface area contributed by atoms with Gasteiger partial charge in [0.2, 0.25) is 0 Å². The molecule has 1 aliphatic rings. The molecule has 1 aromatic rings. The first-order chi connectivity index (χ1) is 6.50. The molecule has 76 valence electrons. The van der Waals surface area contributed by atoms with Crippen LogP contribution in [0.4, 0.5) is 8.78 Å². The van der Waals surface area contributed by atoms with Crippen LogP contribution in [0.5, 0.6) is 0 Å². The Hall–Kier alpha value is -0.480. The number of alkyl halides is 1. The van der Waals surface area contributed by atoms with Gasteiger partial charge in [0.15, 0.2) is 5.67 Å². The van der Waals surface area contributed by atoms with E-state index < -0.39 is 11.5 Å². The first-order valence-corrected chi connectivity index (χ1v) is 5.05. The van der Waals surface area contributed by atoms with Crippen molar-refractivity contribution in [2.45, 2.75) is 19.2 Å². The molecule has 0 aromatic heterocycles. The highest BCUT2D eigenvalue weighted by Crippen LogP contribution is 2.36. The third-order valence-corrected chi connectivity index (χ3v) is 2.75. The number of hydrogen-bond donors (Lipinski definition) is 0. The molecule has 0 N–H and O–H groups in total. The average molecular weight is 263 g/mol. The minimum absolute atomic E-state index is 0.0848. The van der Waals surface area contributed by atoms with Gasteiger partial charge in [-0.3, -0.25) is 0 Å². The van der Waals surface area contributed by atoms with E-state index in [4.69, 9.17) is 4.74 Å². The molecule has 0 saturated carbocycles. The Balaban J connectivity index is 2.63. The van der Waals surface area contributed by atoms with Crippen LogP contribution in [-0.4, -0.2) is 6.61 Å². The van der Waals surface area contributed by atoms with Crippen LogP contribution in [0.15, 0.2) is 16.6 Å². The number of benzene rings is 1. The van der Waals surface area contributed by atoms with Gasteiger partial charge in [-0.15, -0.1) is 0 Å². The maximum absolute atomic E-state index is 13.9. The van der Waals surface area contributed by atoms with Gasteiger partial charge in [-0.2, -0.15) is 0 Å². The molecule has 1 heterocycles. The minimum Gasteiger partial charge on any atom is -0.373 e. The lowest BCUT2D eigenvalue weighted by molar-refractivity contribution is -0.00722. The predicted octanol–water partition coefficient (Wildman–Crippen LogP) is 3.30. The van der Waals surface area contributed by atoms with Crippen LogP contribution < -0.4 is 0 Å². The Morgan fingerprint density at radius 3 is 2.93 bits per heavy atom. The molecule has 0 aliphatic carbocycles. The van der Waals surface area contributed by atoms with E-state index in [1.165, 1.54) is 13.0 Å². The van der Waals surface area contributed by atoms with E-state index in [2.05, 4.69) is 15.9 Å². The third kappa shape index (κ3) is 1.57. The summed E-state index contributed by atoms with van der Waals surface area (Å²) >= 11 is 3.16. The predicted molar refractivity (Wildman–Crippen MR) is 52.2 cm³/mol. The SMILES string of the molecule is CC1(F)COCc2cc(Br)cc(F)c21. The van der Waals surface area contributed by atoms with Gasteiger partial charge < -0.3 is 4.74 Å². The van der Waals surface area contributed by atoms with Crippen LogP contribution in [0.25, 0.3) is 0 Å². The highest BCUT2D eigenvalue weighted by molar-refractivity contribution is 9.10. The Morgan fingerprint density at radius 2 is 2.21 bits per heavy atom. The van der Waals surface area contributed by atoms with E-state index in [0.717, 1.165) is 0 Å². The van der Waals surface area contributed by atoms with Crippen molar-refractivity contribution in [1.82, 2.24) is 0 Å². The van der Waals surface area contributed by atoms with E-state index in [1.807, 2.05) is 0 Å². The molecule has 14 heavy (non-hydrogen) atoms. The third-order valence-electron chi connectivity index (χ3n) is 2.29. The maximum atomic E-state index is 13.9. The van der Waals surface area contributed by atoms with E-state index in [0.29, 0.717) is 10.0 Å². The molecule has 1 aromatic carbocycles. The fourth-order valence-electron chi connectivity index (χ4n) is 1.75. The monoisotopic (exact) mass is 262 g/mol. The van der Waals surface area contributed by atoms with Gasteiger partial charge in [0.25, 0.3) is 0 Å². The van der Waals surface area contributed by atoms with Gasteiger partial charge in [-0.25, -0.2) is 8.78 Å². The lowest BCUT2D eigenvalue weighted by Gasteiger charge is -2.29. The molecule has 1 aliphatic heterocycles. The molecular weight excluding hydrogens is 254 g/mol. The minimum atomic E-state index is -1.72. The molecule has 1 nitrogen and oxygen atoms in total. The Labute approximate surface area is 89.2 Å². The normalized spacial score (nSPS) is 26.0. The summed E-state index contributed by atoms with van der Waals surface area (Å²) < 4.78 is 33.0. The fourth-order valence-corrected chi connectivity index (χ4v) is 2.23. The smallest absolute Gasteiger partial charge is 0.159 e. The summed E-state index contributed by atoms with van der Waals surface area (Å²) in [5.41, 5.74) is -1.02. The van der Waals surface area contributed by atoms with Gasteiger partial charge in [-0.1, -0.05) is 15.9 Å². The molecule has 0 radical (unpaired) electrons. The maximum Gasteiger partial charge on any atom is 0.159 e. The van der Waals surface area contributed by atoms with E-state index in [-0.39, 0.29) is 18.8 Å². The van der Waals surface area contributed by atoms with Gasteiger partial charge in [0.05, 0.1) is 13.2 Å². The Morgan fingerprint density at radius 1 is 1.50 bits per heavy atom. The second kappa shape index (κ2) is 3.28. The van der Waals surface area contributed by atoms with Crippen molar-refractivity contribution in [2.75, 3.05) is 6.61 Å². The summed E-state index contributed by atoms with van der Waals surface area (Å²) in [5.74, 6) is -0.511. The van der Waals surface area contributed by atoms with Gasteiger partial charge in [0, 0.05) is 10.0 Å². The van der Waals surface area contributed by atoms with Crippen molar-refractivity contribution in [3.05, 3.63) is 33.5 Å². The van der Waals surface area contributed by atoms with Crippen molar-refractivity contribution in [1.29, 1.82) is 0 Å². The van der Waals surface area contributed by atoms with Crippen LogP contribution >= 0.6 is 15.9 Å². The van der Waals surface area contributed by atoms with Crippen LogP contribution in [0.3, 0.4) is 0 Å². The number of halogens is 3. The number of ether oxygens (including phenoxy) is 1. The zero-order valence-electron chi connectivity index (χ0n) is 7.61. The second-order valence-corrected chi connectivity index (χ2v) is 4.53. The van der Waals surface area contributed by atoms with E-state index >= 15 is 0 Å². The summed E-state index contributed by atoms with van der Waals surface area (Å²) in [6.07, 6.45) is 0. The zero-order chi connectivity index (χ0) is 10.3. The summed E-state index contributed by atoms with van der Waals surface area (Å²) in [4.78, 5) is 0. The second-order valence-electron chi connectivity index (χ2n) is 3.61. The van der Waals surface area contributed by atoms with E-state index in [9.17, 15) is 8.78 Å². The molecule has 0 spiro atoms. The standard InChI is InChI=1S/C10H9BrF2O/c1-10(13)5-14-4-6-2-7(11)3-8(12)9(6)10/h2-3H,4-5H2,1H3. The van der Waals surface area contributed by atoms with Crippen molar-refractivity contribution >= 4 is 15.9 Å². The van der Waals surface area contributed by atoms with Gasteiger partial charge in [-0.05, 0) is 24.6 Å². The number of hydrogen-bond acceptors (Lipinski definition) is 1. The molecule has 0 amide bonds. The number of fused-ring (bicyclic) bond motifs is 1. The van der Waals surface area contributed by atoms with Crippen LogP contribution in [-0.2, 0) is 17.0 Å². The van der Waals surface area contributed by atoms with Crippen molar-refractivity contribution in [2.24, 2.45) is 0 Å². The average Bonchev–Trinajstić information content (AvgIpc) is 2.00. The molecule has 0 fully saturated rings. The quantitative estimate of drug-likeness (QED) is 0.697. The summed E-state index contributed by atoms with van der Waals surface area (Å²) in [5, 5.41) is 0. The lowest BCUT2D eigenvalue weighted by Crippen LogP contribution is -2.30. The molecule has 0 saturated heterocycles. The number of rotatable bonds is 0. The van der Waals surface area contributed by atoms with Gasteiger partial charge in [0.1, 0.15) is 5.82 Å². The summed E-state index contributed by atoms with van der Waals surface area (Å²) in [6, 6.07) is 2.97. The fraction of sp³-hybridized carbons (Fsp3) is 0.400. The largest absolute Gasteiger partial charge is 0.373 e. The van der Waals surface area contributed by atoms with Crippen molar-refractivity contribution < 1.29 is 13.5 Å². The summed E-state index contributed by atoms with van der Waals surface area (Å²) in [7, 11) is 0. The van der Waals surface area contributed by atoms with Crippen LogP contribution in [0, 0.1) is 5.82 Å². The van der Waals surface area contributed by atoms with Crippen molar-refractivity contribution in [3.63, 3.8) is 0 Å².